The average Bonchev–Trinajstić information content (AvgIpc) is 2.89. The Labute approximate surface area is 102 Å². The van der Waals surface area contributed by atoms with Crippen LogP contribution in [-0.2, 0) is 0 Å². The molecule has 4 nitrogen and oxygen atoms in total. The summed E-state index contributed by atoms with van der Waals surface area (Å²) in [6.45, 7) is 2.07. The van der Waals surface area contributed by atoms with E-state index in [0.29, 0.717) is 6.04 Å². The zero-order valence-corrected chi connectivity index (χ0v) is 10.5. The number of hydrogen-bond donors (Lipinski definition) is 2. The summed E-state index contributed by atoms with van der Waals surface area (Å²) < 4.78 is 10.5. The number of nitrogens with one attached hydrogen (secondary N) is 2. The zero-order chi connectivity index (χ0) is 12.1. The van der Waals surface area contributed by atoms with E-state index < -0.39 is 0 Å². The molecular weight excluding hydrogens is 216 g/mol. The predicted octanol–water partition coefficient (Wildman–Crippen LogP) is 1.87. The van der Waals surface area contributed by atoms with Crippen LogP contribution in [0, 0.1) is 0 Å². The average molecular weight is 236 g/mol. The van der Waals surface area contributed by atoms with Crippen molar-refractivity contribution in [2.24, 2.45) is 0 Å². The Hall–Kier alpha value is -1.42. The smallest absolute Gasteiger partial charge is 0.124 e. The third-order valence-corrected chi connectivity index (χ3v) is 3.07. The van der Waals surface area contributed by atoms with Gasteiger partial charge in [-0.15, -0.1) is 0 Å². The first-order valence-electron chi connectivity index (χ1n) is 6.02. The van der Waals surface area contributed by atoms with Crippen molar-refractivity contribution in [2.75, 3.05) is 32.6 Å². The van der Waals surface area contributed by atoms with Crippen molar-refractivity contribution >= 4 is 5.69 Å². The molecule has 0 aromatic heterocycles. The Kier molecular flexibility index (Phi) is 4.09. The number of anilines is 1. The third kappa shape index (κ3) is 3.27. The fraction of sp³-hybridized carbons (Fsp3) is 0.538. The highest BCUT2D eigenvalue weighted by atomic mass is 16.5. The van der Waals surface area contributed by atoms with Gasteiger partial charge in [0.2, 0.25) is 0 Å². The Morgan fingerprint density at radius 1 is 1.24 bits per heavy atom. The van der Waals surface area contributed by atoms with Crippen molar-refractivity contribution in [3.8, 4) is 11.5 Å². The van der Waals surface area contributed by atoms with Gasteiger partial charge in [-0.3, -0.25) is 0 Å². The number of ether oxygens (including phenoxy) is 2. The molecule has 1 aliphatic rings. The van der Waals surface area contributed by atoms with Crippen LogP contribution in [0.25, 0.3) is 0 Å². The van der Waals surface area contributed by atoms with Crippen LogP contribution in [-0.4, -0.2) is 33.4 Å². The molecule has 1 saturated heterocycles. The van der Waals surface area contributed by atoms with Gasteiger partial charge in [0.15, 0.2) is 0 Å². The molecule has 0 radical (unpaired) electrons. The molecule has 2 N–H and O–H groups in total. The molecule has 4 heteroatoms. The van der Waals surface area contributed by atoms with E-state index in [1.807, 2.05) is 18.2 Å². The minimum atomic E-state index is 0.576. The lowest BCUT2D eigenvalue weighted by atomic mass is 10.2. The van der Waals surface area contributed by atoms with Crippen LogP contribution in [0.2, 0.25) is 0 Å². The summed E-state index contributed by atoms with van der Waals surface area (Å²) >= 11 is 0. The molecular formula is C13H20N2O2. The van der Waals surface area contributed by atoms with Crippen molar-refractivity contribution < 1.29 is 9.47 Å². The van der Waals surface area contributed by atoms with Crippen LogP contribution in [0.15, 0.2) is 18.2 Å². The van der Waals surface area contributed by atoms with Gasteiger partial charge in [-0.05, 0) is 19.4 Å². The second kappa shape index (κ2) is 5.77. The molecule has 0 aliphatic carbocycles. The van der Waals surface area contributed by atoms with E-state index in [4.69, 9.17) is 9.47 Å². The Morgan fingerprint density at radius 3 is 2.47 bits per heavy atom. The van der Waals surface area contributed by atoms with E-state index in [1.54, 1.807) is 14.2 Å². The fourth-order valence-electron chi connectivity index (χ4n) is 2.08. The largest absolute Gasteiger partial charge is 0.497 e. The fourth-order valence-corrected chi connectivity index (χ4v) is 2.08. The van der Waals surface area contributed by atoms with E-state index in [2.05, 4.69) is 10.6 Å². The van der Waals surface area contributed by atoms with Gasteiger partial charge in [-0.2, -0.15) is 0 Å². The highest BCUT2D eigenvalue weighted by molar-refractivity contribution is 5.53. The minimum absolute atomic E-state index is 0.576. The third-order valence-electron chi connectivity index (χ3n) is 3.07. The quantitative estimate of drug-likeness (QED) is 0.819. The standard InChI is InChI=1S/C13H20N2O2/c1-16-12-6-11(7-13(8-12)17-2)15-9-10-4-3-5-14-10/h6-8,10,14-15H,3-5,9H2,1-2H3. The molecule has 94 valence electrons. The highest BCUT2D eigenvalue weighted by Gasteiger charge is 2.13. The maximum absolute atomic E-state index is 5.23. The van der Waals surface area contributed by atoms with E-state index in [9.17, 15) is 0 Å². The maximum Gasteiger partial charge on any atom is 0.124 e. The normalized spacial score (nSPS) is 19.1. The number of rotatable bonds is 5. The van der Waals surface area contributed by atoms with Crippen LogP contribution in [0.1, 0.15) is 12.8 Å². The monoisotopic (exact) mass is 236 g/mol. The molecule has 1 fully saturated rings. The summed E-state index contributed by atoms with van der Waals surface area (Å²) in [5.41, 5.74) is 1.04. The summed E-state index contributed by atoms with van der Waals surface area (Å²) in [5, 5.41) is 6.87. The van der Waals surface area contributed by atoms with Crippen molar-refractivity contribution in [1.82, 2.24) is 5.32 Å². The Morgan fingerprint density at radius 2 is 1.94 bits per heavy atom. The molecule has 17 heavy (non-hydrogen) atoms. The lowest BCUT2D eigenvalue weighted by Gasteiger charge is -2.14. The summed E-state index contributed by atoms with van der Waals surface area (Å²) in [7, 11) is 3.33. The van der Waals surface area contributed by atoms with Gasteiger partial charge in [0.1, 0.15) is 11.5 Å². The van der Waals surface area contributed by atoms with Crippen LogP contribution in [0.4, 0.5) is 5.69 Å². The highest BCUT2D eigenvalue weighted by Crippen LogP contribution is 2.25. The van der Waals surface area contributed by atoms with E-state index in [-0.39, 0.29) is 0 Å². The van der Waals surface area contributed by atoms with Crippen LogP contribution < -0.4 is 20.1 Å². The van der Waals surface area contributed by atoms with E-state index >= 15 is 0 Å². The molecule has 0 saturated carbocycles. The lowest BCUT2D eigenvalue weighted by Crippen LogP contribution is -2.29. The van der Waals surface area contributed by atoms with E-state index in [1.165, 1.54) is 12.8 Å². The molecule has 0 amide bonds. The van der Waals surface area contributed by atoms with Gasteiger partial charge in [0.05, 0.1) is 14.2 Å². The van der Waals surface area contributed by atoms with Gasteiger partial charge < -0.3 is 20.1 Å². The first kappa shape index (κ1) is 12.0. The number of hydrogen-bond acceptors (Lipinski definition) is 4. The minimum Gasteiger partial charge on any atom is -0.497 e. The second-order valence-electron chi connectivity index (χ2n) is 4.28. The first-order chi connectivity index (χ1) is 8.31. The summed E-state index contributed by atoms with van der Waals surface area (Å²) in [5.74, 6) is 1.62. The van der Waals surface area contributed by atoms with Crippen LogP contribution >= 0.6 is 0 Å². The van der Waals surface area contributed by atoms with Gasteiger partial charge in [-0.25, -0.2) is 0 Å². The predicted molar refractivity (Wildman–Crippen MR) is 69.1 cm³/mol. The maximum atomic E-state index is 5.23. The topological polar surface area (TPSA) is 42.5 Å². The van der Waals surface area contributed by atoms with Gasteiger partial charge in [0, 0.05) is 36.5 Å². The van der Waals surface area contributed by atoms with Gasteiger partial charge in [-0.1, -0.05) is 0 Å². The van der Waals surface area contributed by atoms with Crippen molar-refractivity contribution in [3.63, 3.8) is 0 Å². The zero-order valence-electron chi connectivity index (χ0n) is 10.5. The van der Waals surface area contributed by atoms with Gasteiger partial charge >= 0.3 is 0 Å². The van der Waals surface area contributed by atoms with Crippen molar-refractivity contribution in [2.45, 2.75) is 18.9 Å². The van der Waals surface area contributed by atoms with Crippen molar-refractivity contribution in [3.05, 3.63) is 18.2 Å². The molecule has 1 heterocycles. The van der Waals surface area contributed by atoms with Crippen LogP contribution in [0.3, 0.4) is 0 Å². The summed E-state index contributed by atoms with van der Waals surface area (Å²) in [6, 6.07) is 6.42. The molecule has 1 atom stereocenters. The number of methoxy groups -OCH3 is 2. The molecule has 1 aliphatic heterocycles. The van der Waals surface area contributed by atoms with Gasteiger partial charge in [0.25, 0.3) is 0 Å². The molecule has 2 rings (SSSR count). The summed E-state index contributed by atoms with van der Waals surface area (Å²) in [4.78, 5) is 0. The molecule has 0 spiro atoms. The Balaban J connectivity index is 1.98. The molecule has 1 aromatic carbocycles. The van der Waals surface area contributed by atoms with E-state index in [0.717, 1.165) is 30.3 Å². The van der Waals surface area contributed by atoms with Crippen LogP contribution in [0.5, 0.6) is 11.5 Å². The Bertz CT molecular complexity index is 340. The first-order valence-corrected chi connectivity index (χ1v) is 6.02. The molecule has 1 aromatic rings. The number of benzene rings is 1. The van der Waals surface area contributed by atoms with Crippen molar-refractivity contribution in [1.29, 1.82) is 0 Å². The summed E-state index contributed by atoms with van der Waals surface area (Å²) in [6.07, 6.45) is 2.52. The lowest BCUT2D eigenvalue weighted by molar-refractivity contribution is 0.394. The second-order valence-corrected chi connectivity index (χ2v) is 4.28. The SMILES string of the molecule is COc1cc(NCC2CCCN2)cc(OC)c1. The molecule has 1 unspecified atom stereocenters. The molecule has 0 bridgehead atoms.